The van der Waals surface area contributed by atoms with Crippen LogP contribution in [0.25, 0.3) is 17.1 Å². The van der Waals surface area contributed by atoms with E-state index >= 15 is 0 Å². The average Bonchev–Trinajstić information content (AvgIpc) is 3.52. The standard InChI is InChI=1S/C26H25Cl2N5O2/c1-30-11-3-4-24(30)23-17-25(33(29-23)19-7-10-21(27)22(28)16-19)26(34)32-14-12-31(13-15-32)18-5-8-20(35-2)9-6-18/h3-11,16-17H,12-15H2,1-2H3. The van der Waals surface area contributed by atoms with Crippen molar-refractivity contribution in [2.75, 3.05) is 38.2 Å². The maximum atomic E-state index is 13.7. The number of benzene rings is 2. The van der Waals surface area contributed by atoms with Crippen LogP contribution in [0.4, 0.5) is 5.69 Å². The molecule has 180 valence electrons. The molecular weight excluding hydrogens is 485 g/mol. The molecule has 7 nitrogen and oxygen atoms in total. The third-order valence-electron chi connectivity index (χ3n) is 6.29. The number of anilines is 1. The molecule has 0 bridgehead atoms. The zero-order valence-electron chi connectivity index (χ0n) is 19.5. The number of carbonyl (C=O) groups is 1. The molecular formula is C26H25Cl2N5O2. The maximum Gasteiger partial charge on any atom is 0.272 e. The average molecular weight is 510 g/mol. The zero-order valence-corrected chi connectivity index (χ0v) is 21.0. The Labute approximate surface area is 214 Å². The Kier molecular flexibility index (Phi) is 6.45. The smallest absolute Gasteiger partial charge is 0.272 e. The summed E-state index contributed by atoms with van der Waals surface area (Å²) in [5.41, 5.74) is 3.91. The quantitative estimate of drug-likeness (QED) is 0.373. The van der Waals surface area contributed by atoms with Crippen molar-refractivity contribution in [2.45, 2.75) is 0 Å². The number of halogens is 2. The summed E-state index contributed by atoms with van der Waals surface area (Å²) in [6, 6.07) is 19.0. The van der Waals surface area contributed by atoms with E-state index in [4.69, 9.17) is 33.0 Å². The summed E-state index contributed by atoms with van der Waals surface area (Å²) in [6.45, 7) is 2.70. The van der Waals surface area contributed by atoms with Gasteiger partial charge in [0.1, 0.15) is 17.1 Å². The van der Waals surface area contributed by atoms with Gasteiger partial charge in [0, 0.05) is 45.1 Å². The monoisotopic (exact) mass is 509 g/mol. The van der Waals surface area contributed by atoms with Crippen molar-refractivity contribution >= 4 is 34.8 Å². The second-order valence-electron chi connectivity index (χ2n) is 8.41. The van der Waals surface area contributed by atoms with Crippen LogP contribution in [0.2, 0.25) is 10.0 Å². The van der Waals surface area contributed by atoms with Crippen molar-refractivity contribution < 1.29 is 9.53 Å². The third-order valence-corrected chi connectivity index (χ3v) is 7.03. The molecule has 2 aromatic carbocycles. The molecule has 0 unspecified atom stereocenters. The number of hydrogen-bond acceptors (Lipinski definition) is 4. The highest BCUT2D eigenvalue weighted by atomic mass is 35.5. The van der Waals surface area contributed by atoms with E-state index in [9.17, 15) is 4.79 Å². The fourth-order valence-corrected chi connectivity index (χ4v) is 4.61. The lowest BCUT2D eigenvalue weighted by Gasteiger charge is -2.36. The molecule has 0 aliphatic carbocycles. The molecule has 1 fully saturated rings. The molecule has 1 saturated heterocycles. The van der Waals surface area contributed by atoms with E-state index in [0.29, 0.717) is 40.2 Å². The van der Waals surface area contributed by atoms with E-state index in [0.717, 1.165) is 30.2 Å². The topological polar surface area (TPSA) is 55.5 Å². The van der Waals surface area contributed by atoms with Crippen LogP contribution >= 0.6 is 23.2 Å². The lowest BCUT2D eigenvalue weighted by Crippen LogP contribution is -2.49. The van der Waals surface area contributed by atoms with Crippen LogP contribution in [-0.2, 0) is 7.05 Å². The number of rotatable bonds is 5. The lowest BCUT2D eigenvalue weighted by atomic mass is 10.2. The first-order valence-electron chi connectivity index (χ1n) is 11.3. The minimum Gasteiger partial charge on any atom is -0.497 e. The van der Waals surface area contributed by atoms with Crippen LogP contribution in [0.3, 0.4) is 0 Å². The van der Waals surface area contributed by atoms with Crippen molar-refractivity contribution in [3.8, 4) is 22.8 Å². The van der Waals surface area contributed by atoms with Crippen molar-refractivity contribution in [2.24, 2.45) is 7.05 Å². The van der Waals surface area contributed by atoms with E-state index < -0.39 is 0 Å². The summed E-state index contributed by atoms with van der Waals surface area (Å²) in [4.78, 5) is 17.9. The summed E-state index contributed by atoms with van der Waals surface area (Å²) in [5.74, 6) is 0.755. The Morgan fingerprint density at radius 2 is 1.63 bits per heavy atom. The molecule has 0 radical (unpaired) electrons. The van der Waals surface area contributed by atoms with E-state index in [-0.39, 0.29) is 5.91 Å². The molecule has 5 rings (SSSR count). The first-order chi connectivity index (χ1) is 16.9. The molecule has 0 N–H and O–H groups in total. The number of aryl methyl sites for hydroxylation is 1. The van der Waals surface area contributed by atoms with Crippen LogP contribution < -0.4 is 9.64 Å². The van der Waals surface area contributed by atoms with Gasteiger partial charge in [0.05, 0.1) is 28.5 Å². The number of nitrogens with zero attached hydrogens (tertiary/aromatic N) is 5. The van der Waals surface area contributed by atoms with Gasteiger partial charge in [-0.3, -0.25) is 4.79 Å². The van der Waals surface area contributed by atoms with Crippen molar-refractivity contribution in [3.05, 3.63) is 82.6 Å². The zero-order chi connectivity index (χ0) is 24.5. The van der Waals surface area contributed by atoms with Gasteiger partial charge in [0.25, 0.3) is 5.91 Å². The third kappa shape index (κ3) is 4.61. The summed E-state index contributed by atoms with van der Waals surface area (Å²) in [6.07, 6.45) is 1.95. The number of methoxy groups -OCH3 is 1. The minimum atomic E-state index is -0.0709. The maximum absolute atomic E-state index is 13.7. The van der Waals surface area contributed by atoms with Crippen LogP contribution in [0.5, 0.6) is 5.75 Å². The van der Waals surface area contributed by atoms with Gasteiger partial charge >= 0.3 is 0 Å². The van der Waals surface area contributed by atoms with E-state index in [1.807, 2.05) is 71.2 Å². The normalized spacial score (nSPS) is 13.8. The first-order valence-corrected chi connectivity index (χ1v) is 12.1. The summed E-state index contributed by atoms with van der Waals surface area (Å²) < 4.78 is 8.89. The van der Waals surface area contributed by atoms with Gasteiger partial charge in [0.2, 0.25) is 0 Å². The predicted octanol–water partition coefficient (Wildman–Crippen LogP) is 5.16. The van der Waals surface area contributed by atoms with E-state index in [2.05, 4.69) is 4.90 Å². The highest BCUT2D eigenvalue weighted by Gasteiger charge is 2.27. The largest absolute Gasteiger partial charge is 0.497 e. The molecule has 1 aliphatic heterocycles. The van der Waals surface area contributed by atoms with Crippen LogP contribution in [0, 0.1) is 0 Å². The van der Waals surface area contributed by atoms with E-state index in [1.165, 1.54) is 0 Å². The Balaban J connectivity index is 1.42. The lowest BCUT2D eigenvalue weighted by molar-refractivity contribution is 0.0737. The summed E-state index contributed by atoms with van der Waals surface area (Å²) >= 11 is 12.4. The predicted molar refractivity (Wildman–Crippen MR) is 139 cm³/mol. The van der Waals surface area contributed by atoms with E-state index in [1.54, 1.807) is 23.9 Å². The molecule has 35 heavy (non-hydrogen) atoms. The van der Waals surface area contributed by atoms with Crippen LogP contribution in [-0.4, -0.2) is 58.4 Å². The number of amides is 1. The number of aromatic nitrogens is 3. The molecule has 9 heteroatoms. The fourth-order valence-electron chi connectivity index (χ4n) is 4.32. The number of ether oxygens (including phenoxy) is 1. The molecule has 4 aromatic rings. The van der Waals surface area contributed by atoms with Crippen LogP contribution in [0.1, 0.15) is 10.5 Å². The number of piperazine rings is 1. The Morgan fingerprint density at radius 1 is 0.914 bits per heavy atom. The van der Waals surface area contributed by atoms with Gasteiger partial charge < -0.3 is 19.1 Å². The molecule has 2 aromatic heterocycles. The van der Waals surface area contributed by atoms with Crippen molar-refractivity contribution in [3.63, 3.8) is 0 Å². The van der Waals surface area contributed by atoms with Crippen molar-refractivity contribution in [1.29, 1.82) is 0 Å². The second-order valence-corrected chi connectivity index (χ2v) is 9.22. The van der Waals surface area contributed by atoms with Gasteiger partial charge in [-0.15, -0.1) is 0 Å². The number of hydrogen-bond donors (Lipinski definition) is 0. The van der Waals surface area contributed by atoms with Crippen molar-refractivity contribution in [1.82, 2.24) is 19.2 Å². The molecule has 1 aliphatic rings. The minimum absolute atomic E-state index is 0.0709. The number of carbonyl (C=O) groups excluding carboxylic acids is 1. The van der Waals surface area contributed by atoms with Gasteiger partial charge in [-0.05, 0) is 60.7 Å². The van der Waals surface area contributed by atoms with Gasteiger partial charge in [0.15, 0.2) is 0 Å². The molecule has 0 atom stereocenters. The van der Waals surface area contributed by atoms with Gasteiger partial charge in [-0.2, -0.15) is 5.10 Å². The van der Waals surface area contributed by atoms with Gasteiger partial charge in [-0.1, -0.05) is 23.2 Å². The first kappa shape index (κ1) is 23.3. The molecule has 0 saturated carbocycles. The molecule has 1 amide bonds. The SMILES string of the molecule is COc1ccc(N2CCN(C(=O)c3cc(-c4cccn4C)nn3-c3ccc(Cl)c(Cl)c3)CC2)cc1. The highest BCUT2D eigenvalue weighted by molar-refractivity contribution is 6.42. The summed E-state index contributed by atoms with van der Waals surface area (Å²) in [5, 5.41) is 5.63. The fraction of sp³-hybridized carbons (Fsp3) is 0.231. The Hall–Kier alpha value is -3.42. The molecule has 0 spiro atoms. The Bertz CT molecular complexity index is 1350. The second kappa shape index (κ2) is 9.68. The van der Waals surface area contributed by atoms with Crippen LogP contribution in [0.15, 0.2) is 66.9 Å². The van der Waals surface area contributed by atoms with Gasteiger partial charge in [-0.25, -0.2) is 4.68 Å². The summed E-state index contributed by atoms with van der Waals surface area (Å²) in [7, 11) is 3.61. The molecule has 3 heterocycles. The highest BCUT2D eigenvalue weighted by Crippen LogP contribution is 2.28. The Morgan fingerprint density at radius 3 is 2.26 bits per heavy atom.